The Labute approximate surface area is 471 Å². The van der Waals surface area contributed by atoms with Gasteiger partial charge in [-0.2, -0.15) is 0 Å². The summed E-state index contributed by atoms with van der Waals surface area (Å²) in [5.41, 5.74) is 0. The standard InChI is InChI=1S/C70H122O6/c1-4-7-10-13-16-19-22-25-28-31-32-33-34-35-36-37-38-40-42-45-48-51-54-57-60-63-69(72)75-66-67(65-74-68(71)62-59-56-53-50-47-44-41-30-27-24-21-18-15-12-9-6-3)76-70(73)64-61-58-55-52-49-46-43-39-29-26-23-20-17-14-11-8-5-2/h7,10,16,19,21,24-26,28-30,32-33,41,67H,4-6,8-9,11-15,17-18,20,22-23,27,31,34-40,42-66H2,1-3H3/b10-7-,19-16-,24-21-,28-25-,29-26-,33-32-,41-30-. The molecule has 6 nitrogen and oxygen atoms in total. The van der Waals surface area contributed by atoms with Gasteiger partial charge in [-0.15, -0.1) is 0 Å². The molecule has 0 rings (SSSR count). The van der Waals surface area contributed by atoms with E-state index in [1.165, 1.54) is 180 Å². The Hall–Kier alpha value is -3.41. The van der Waals surface area contributed by atoms with Crippen LogP contribution in [0.5, 0.6) is 0 Å². The van der Waals surface area contributed by atoms with Gasteiger partial charge in [0.25, 0.3) is 0 Å². The molecule has 0 amide bonds. The minimum Gasteiger partial charge on any atom is -0.462 e. The molecule has 1 unspecified atom stereocenters. The minimum atomic E-state index is -0.786. The van der Waals surface area contributed by atoms with Gasteiger partial charge in [-0.25, -0.2) is 0 Å². The van der Waals surface area contributed by atoms with Gasteiger partial charge in [0, 0.05) is 19.3 Å². The number of hydrogen-bond donors (Lipinski definition) is 0. The number of rotatable bonds is 59. The molecular formula is C70H122O6. The Morgan fingerprint density at radius 3 is 0.829 bits per heavy atom. The van der Waals surface area contributed by atoms with Gasteiger partial charge in [0.05, 0.1) is 0 Å². The highest BCUT2D eigenvalue weighted by atomic mass is 16.6. The van der Waals surface area contributed by atoms with Crippen molar-refractivity contribution in [3.63, 3.8) is 0 Å². The first-order chi connectivity index (χ1) is 37.5. The van der Waals surface area contributed by atoms with Crippen LogP contribution in [0.3, 0.4) is 0 Å². The van der Waals surface area contributed by atoms with E-state index in [-0.39, 0.29) is 31.1 Å². The molecule has 0 aliphatic carbocycles. The second-order valence-electron chi connectivity index (χ2n) is 21.6. The van der Waals surface area contributed by atoms with Gasteiger partial charge in [0.15, 0.2) is 6.10 Å². The van der Waals surface area contributed by atoms with Crippen molar-refractivity contribution in [2.75, 3.05) is 13.2 Å². The van der Waals surface area contributed by atoms with Crippen LogP contribution in [0.25, 0.3) is 0 Å². The summed E-state index contributed by atoms with van der Waals surface area (Å²) in [5, 5.41) is 0. The number of unbranched alkanes of at least 4 members (excludes halogenated alkanes) is 34. The molecule has 76 heavy (non-hydrogen) atoms. The molecule has 1 atom stereocenters. The van der Waals surface area contributed by atoms with E-state index in [4.69, 9.17) is 14.2 Å². The van der Waals surface area contributed by atoms with Crippen LogP contribution >= 0.6 is 0 Å². The van der Waals surface area contributed by atoms with Crippen molar-refractivity contribution < 1.29 is 28.6 Å². The molecule has 0 aromatic carbocycles. The maximum Gasteiger partial charge on any atom is 0.306 e. The average molecular weight is 1060 g/mol. The third-order valence-electron chi connectivity index (χ3n) is 14.1. The molecule has 0 saturated carbocycles. The van der Waals surface area contributed by atoms with E-state index in [9.17, 15) is 14.4 Å². The molecule has 0 saturated heterocycles. The molecule has 0 aliphatic rings. The monoisotopic (exact) mass is 1060 g/mol. The lowest BCUT2D eigenvalue weighted by atomic mass is 10.0. The fourth-order valence-electron chi connectivity index (χ4n) is 9.23. The summed E-state index contributed by atoms with van der Waals surface area (Å²) in [6, 6.07) is 0. The van der Waals surface area contributed by atoms with Crippen molar-refractivity contribution in [1.29, 1.82) is 0 Å². The van der Waals surface area contributed by atoms with Crippen molar-refractivity contribution in [2.24, 2.45) is 0 Å². The molecule has 0 fully saturated rings. The third kappa shape index (κ3) is 61.4. The number of ether oxygens (including phenoxy) is 3. The second kappa shape index (κ2) is 64.1. The lowest BCUT2D eigenvalue weighted by molar-refractivity contribution is -0.167. The molecule has 0 heterocycles. The SMILES string of the molecule is CC/C=C\C/C=C\C/C=C\C/C=C\CCCCCCCCCCCCCCC(=O)OCC(COC(=O)CCCCCCC/C=C\C/C=C\CCCCCC)OC(=O)CCCCCCCCC/C=C\CCCCCCCC. The zero-order chi connectivity index (χ0) is 55.0. The van der Waals surface area contributed by atoms with Crippen LogP contribution in [-0.4, -0.2) is 37.2 Å². The molecule has 0 aliphatic heterocycles. The average Bonchev–Trinajstić information content (AvgIpc) is 3.42. The highest BCUT2D eigenvalue weighted by molar-refractivity contribution is 5.71. The van der Waals surface area contributed by atoms with E-state index >= 15 is 0 Å². The Morgan fingerprint density at radius 1 is 0.276 bits per heavy atom. The summed E-state index contributed by atoms with van der Waals surface area (Å²) in [7, 11) is 0. The second-order valence-corrected chi connectivity index (χ2v) is 21.6. The number of hydrogen-bond acceptors (Lipinski definition) is 6. The molecule has 438 valence electrons. The van der Waals surface area contributed by atoms with Gasteiger partial charge >= 0.3 is 17.9 Å². The summed E-state index contributed by atoms with van der Waals surface area (Å²) in [5.74, 6) is -0.889. The van der Waals surface area contributed by atoms with Gasteiger partial charge in [0.2, 0.25) is 0 Å². The minimum absolute atomic E-state index is 0.0822. The lowest BCUT2D eigenvalue weighted by Gasteiger charge is -2.18. The normalized spacial score (nSPS) is 12.6. The topological polar surface area (TPSA) is 78.9 Å². The van der Waals surface area contributed by atoms with E-state index < -0.39 is 6.10 Å². The van der Waals surface area contributed by atoms with Gasteiger partial charge < -0.3 is 14.2 Å². The predicted molar refractivity (Wildman–Crippen MR) is 330 cm³/mol. The fourth-order valence-corrected chi connectivity index (χ4v) is 9.23. The lowest BCUT2D eigenvalue weighted by Crippen LogP contribution is -2.30. The maximum absolute atomic E-state index is 12.9. The van der Waals surface area contributed by atoms with Gasteiger partial charge in [-0.3, -0.25) is 14.4 Å². The Balaban J connectivity index is 4.34. The van der Waals surface area contributed by atoms with E-state index in [2.05, 4.69) is 106 Å². The predicted octanol–water partition coefficient (Wildman–Crippen LogP) is 22.3. The fraction of sp³-hybridized carbons (Fsp3) is 0.757. The van der Waals surface area contributed by atoms with Crippen LogP contribution < -0.4 is 0 Å². The van der Waals surface area contributed by atoms with Crippen LogP contribution in [0.2, 0.25) is 0 Å². The van der Waals surface area contributed by atoms with Gasteiger partial charge in [-0.05, 0) is 116 Å². The molecular weight excluding hydrogens is 937 g/mol. The Kier molecular flexibility index (Phi) is 61.2. The van der Waals surface area contributed by atoms with Crippen LogP contribution in [0.15, 0.2) is 85.1 Å². The number of esters is 3. The van der Waals surface area contributed by atoms with Crippen molar-refractivity contribution in [2.45, 2.75) is 329 Å². The van der Waals surface area contributed by atoms with Crippen LogP contribution in [-0.2, 0) is 28.6 Å². The highest BCUT2D eigenvalue weighted by Gasteiger charge is 2.19. The number of allylic oxidation sites excluding steroid dienone is 14. The van der Waals surface area contributed by atoms with E-state index in [1.807, 2.05) is 0 Å². The van der Waals surface area contributed by atoms with E-state index in [0.717, 1.165) is 103 Å². The number of carbonyl (C=O) groups is 3. The van der Waals surface area contributed by atoms with Crippen molar-refractivity contribution >= 4 is 17.9 Å². The Bertz CT molecular complexity index is 1450. The quantitative estimate of drug-likeness (QED) is 0.0261. The van der Waals surface area contributed by atoms with Crippen LogP contribution in [0.4, 0.5) is 0 Å². The summed E-state index contributed by atoms with van der Waals surface area (Å²) in [6.45, 7) is 6.52. The van der Waals surface area contributed by atoms with Crippen LogP contribution in [0, 0.1) is 0 Å². The van der Waals surface area contributed by atoms with Gasteiger partial charge in [0.1, 0.15) is 13.2 Å². The van der Waals surface area contributed by atoms with Gasteiger partial charge in [-0.1, -0.05) is 273 Å². The van der Waals surface area contributed by atoms with E-state index in [0.29, 0.717) is 19.3 Å². The summed E-state index contributed by atoms with van der Waals surface area (Å²) >= 11 is 0. The first kappa shape index (κ1) is 72.6. The summed E-state index contributed by atoms with van der Waals surface area (Å²) < 4.78 is 16.9. The van der Waals surface area contributed by atoms with E-state index in [1.54, 1.807) is 0 Å². The largest absolute Gasteiger partial charge is 0.462 e. The smallest absolute Gasteiger partial charge is 0.306 e. The van der Waals surface area contributed by atoms with Crippen LogP contribution in [0.1, 0.15) is 323 Å². The highest BCUT2D eigenvalue weighted by Crippen LogP contribution is 2.16. The molecule has 0 radical (unpaired) electrons. The molecule has 0 spiro atoms. The summed E-state index contributed by atoms with van der Waals surface area (Å²) in [4.78, 5) is 38.3. The molecule has 6 heteroatoms. The van der Waals surface area contributed by atoms with Crippen molar-refractivity contribution in [3.05, 3.63) is 85.1 Å². The van der Waals surface area contributed by atoms with Crippen molar-refractivity contribution in [3.8, 4) is 0 Å². The maximum atomic E-state index is 12.9. The zero-order valence-corrected chi connectivity index (χ0v) is 50.3. The molecule has 0 bridgehead atoms. The molecule has 0 N–H and O–H groups in total. The molecule has 0 aromatic rings. The first-order valence-corrected chi connectivity index (χ1v) is 32.6. The Morgan fingerprint density at radius 2 is 0.513 bits per heavy atom. The zero-order valence-electron chi connectivity index (χ0n) is 50.3. The number of carbonyl (C=O) groups excluding carboxylic acids is 3. The summed E-state index contributed by atoms with van der Waals surface area (Å²) in [6.07, 6.45) is 84.4. The first-order valence-electron chi connectivity index (χ1n) is 32.6. The van der Waals surface area contributed by atoms with Crippen molar-refractivity contribution in [1.82, 2.24) is 0 Å². The molecule has 0 aromatic heterocycles. The third-order valence-corrected chi connectivity index (χ3v) is 14.1.